The summed E-state index contributed by atoms with van der Waals surface area (Å²) >= 11 is 0. The number of aliphatic carboxylic acids is 1. The zero-order chi connectivity index (χ0) is 9.99. The smallest absolute Gasteiger partial charge is 0.357 e. The van der Waals surface area contributed by atoms with Crippen LogP contribution >= 0.6 is 7.60 Å². The summed E-state index contributed by atoms with van der Waals surface area (Å²) in [4.78, 5) is 27.3. The predicted molar refractivity (Wildman–Crippen MR) is 39.5 cm³/mol. The van der Waals surface area contributed by atoms with Crippen molar-refractivity contribution in [2.45, 2.75) is 25.1 Å². The summed E-state index contributed by atoms with van der Waals surface area (Å²) in [7, 11) is -4.77. The first-order valence-electron chi connectivity index (χ1n) is 3.23. The van der Waals surface area contributed by atoms with Gasteiger partial charge in [0.2, 0.25) is 0 Å². The SMILES string of the molecule is CCC(O)(CC(=O)O)P(=O)(O)O. The zero-order valence-electron chi connectivity index (χ0n) is 6.47. The van der Waals surface area contributed by atoms with E-state index in [2.05, 4.69) is 0 Å². The lowest BCUT2D eigenvalue weighted by Gasteiger charge is -2.25. The highest BCUT2D eigenvalue weighted by atomic mass is 31.2. The van der Waals surface area contributed by atoms with E-state index in [1.54, 1.807) is 0 Å². The normalized spacial score (nSPS) is 17.0. The summed E-state index contributed by atoms with van der Waals surface area (Å²) in [6, 6.07) is 0. The number of carboxylic acid groups (broad SMARTS) is 1. The Bertz CT molecular complexity index is 220. The van der Waals surface area contributed by atoms with Crippen LogP contribution in [-0.2, 0) is 9.36 Å². The van der Waals surface area contributed by atoms with E-state index in [1.807, 2.05) is 0 Å². The summed E-state index contributed by atoms with van der Waals surface area (Å²) in [5, 5.41) is 15.0. The van der Waals surface area contributed by atoms with Gasteiger partial charge in [-0.1, -0.05) is 6.92 Å². The van der Waals surface area contributed by atoms with Gasteiger partial charge < -0.3 is 20.0 Å². The highest BCUT2D eigenvalue weighted by molar-refractivity contribution is 7.53. The van der Waals surface area contributed by atoms with E-state index in [-0.39, 0.29) is 6.42 Å². The Morgan fingerprint density at radius 3 is 2.00 bits per heavy atom. The van der Waals surface area contributed by atoms with Gasteiger partial charge in [-0.25, -0.2) is 0 Å². The van der Waals surface area contributed by atoms with Crippen LogP contribution in [0.4, 0.5) is 0 Å². The Morgan fingerprint density at radius 1 is 1.50 bits per heavy atom. The maximum Gasteiger partial charge on any atom is 0.357 e. The van der Waals surface area contributed by atoms with Gasteiger partial charge in [-0.2, -0.15) is 0 Å². The van der Waals surface area contributed by atoms with Crippen molar-refractivity contribution in [2.75, 3.05) is 0 Å². The third-order valence-corrected chi connectivity index (χ3v) is 3.10. The molecule has 0 spiro atoms. The average Bonchev–Trinajstić information content (AvgIpc) is 1.83. The molecule has 0 amide bonds. The van der Waals surface area contributed by atoms with Gasteiger partial charge in [-0.15, -0.1) is 0 Å². The molecule has 0 aliphatic carbocycles. The monoisotopic (exact) mass is 198 g/mol. The number of carboxylic acids is 1. The van der Waals surface area contributed by atoms with Gasteiger partial charge in [-0.3, -0.25) is 9.36 Å². The molecule has 7 heteroatoms. The standard InChI is InChI=1S/C5H11O6P/c1-2-5(8,3-4(6)7)12(9,10)11/h8H,2-3H2,1H3,(H,6,7)(H2,9,10,11). The van der Waals surface area contributed by atoms with Gasteiger partial charge in [0.15, 0.2) is 5.34 Å². The number of rotatable bonds is 4. The first-order valence-corrected chi connectivity index (χ1v) is 4.84. The van der Waals surface area contributed by atoms with E-state index in [0.717, 1.165) is 0 Å². The molecule has 12 heavy (non-hydrogen) atoms. The van der Waals surface area contributed by atoms with Gasteiger partial charge in [0.05, 0.1) is 6.42 Å². The van der Waals surface area contributed by atoms with Crippen molar-refractivity contribution >= 4 is 13.6 Å². The maximum absolute atomic E-state index is 10.6. The van der Waals surface area contributed by atoms with Gasteiger partial charge in [-0.05, 0) is 6.42 Å². The number of carbonyl (C=O) groups is 1. The molecule has 4 N–H and O–H groups in total. The Kier molecular flexibility index (Phi) is 3.41. The minimum Gasteiger partial charge on any atom is -0.481 e. The number of hydrogen-bond donors (Lipinski definition) is 4. The molecule has 0 aliphatic rings. The minimum absolute atomic E-state index is 0.302. The molecule has 0 radical (unpaired) electrons. The Balaban J connectivity index is 4.69. The molecule has 0 aliphatic heterocycles. The van der Waals surface area contributed by atoms with E-state index < -0.39 is 25.3 Å². The van der Waals surface area contributed by atoms with E-state index >= 15 is 0 Å². The summed E-state index contributed by atoms with van der Waals surface area (Å²) in [5.74, 6) is -1.44. The lowest BCUT2D eigenvalue weighted by molar-refractivity contribution is -0.140. The molecule has 0 bridgehead atoms. The Labute approximate surface area is 69.0 Å². The third-order valence-electron chi connectivity index (χ3n) is 1.54. The van der Waals surface area contributed by atoms with Crippen LogP contribution in [0, 0.1) is 0 Å². The molecule has 0 aromatic rings. The molecule has 72 valence electrons. The fourth-order valence-corrected chi connectivity index (χ4v) is 1.43. The molecule has 0 fully saturated rings. The largest absolute Gasteiger partial charge is 0.481 e. The number of aliphatic hydroxyl groups is 1. The van der Waals surface area contributed by atoms with Crippen molar-refractivity contribution in [3.8, 4) is 0 Å². The second-order valence-corrected chi connectivity index (χ2v) is 4.37. The average molecular weight is 198 g/mol. The molecule has 0 rings (SSSR count). The summed E-state index contributed by atoms with van der Waals surface area (Å²) in [6.07, 6.45) is -1.25. The highest BCUT2D eigenvalue weighted by Crippen LogP contribution is 2.52. The summed E-state index contributed by atoms with van der Waals surface area (Å²) in [5.41, 5.74) is 0. The molecule has 0 heterocycles. The lowest BCUT2D eigenvalue weighted by atomic mass is 10.2. The van der Waals surface area contributed by atoms with Crippen LogP contribution in [0.25, 0.3) is 0 Å². The molecular weight excluding hydrogens is 187 g/mol. The summed E-state index contributed by atoms with van der Waals surface area (Å²) < 4.78 is 10.6. The van der Waals surface area contributed by atoms with Crippen LogP contribution in [0.5, 0.6) is 0 Å². The Morgan fingerprint density at radius 2 is 1.92 bits per heavy atom. The van der Waals surface area contributed by atoms with Gasteiger partial charge >= 0.3 is 13.6 Å². The first-order chi connectivity index (χ1) is 5.23. The van der Waals surface area contributed by atoms with Crippen LogP contribution in [-0.4, -0.2) is 31.3 Å². The maximum atomic E-state index is 10.6. The van der Waals surface area contributed by atoms with Crippen molar-refractivity contribution in [2.24, 2.45) is 0 Å². The molecule has 1 unspecified atom stereocenters. The van der Waals surface area contributed by atoms with Crippen LogP contribution in [0.1, 0.15) is 19.8 Å². The van der Waals surface area contributed by atoms with Crippen LogP contribution in [0.3, 0.4) is 0 Å². The lowest BCUT2D eigenvalue weighted by Crippen LogP contribution is -2.30. The fraction of sp³-hybridized carbons (Fsp3) is 0.800. The topological polar surface area (TPSA) is 115 Å². The molecular formula is C5H11O6P. The third kappa shape index (κ3) is 2.57. The second-order valence-electron chi connectivity index (χ2n) is 2.45. The molecule has 0 saturated heterocycles. The zero-order valence-corrected chi connectivity index (χ0v) is 7.36. The second kappa shape index (κ2) is 3.53. The van der Waals surface area contributed by atoms with E-state index in [9.17, 15) is 14.5 Å². The fourth-order valence-electron chi connectivity index (χ4n) is 0.676. The van der Waals surface area contributed by atoms with Gasteiger partial charge in [0, 0.05) is 0 Å². The van der Waals surface area contributed by atoms with Crippen LogP contribution < -0.4 is 0 Å². The van der Waals surface area contributed by atoms with Crippen LogP contribution in [0.2, 0.25) is 0 Å². The van der Waals surface area contributed by atoms with Crippen molar-refractivity contribution in [3.63, 3.8) is 0 Å². The quantitative estimate of drug-likeness (QED) is 0.462. The first kappa shape index (κ1) is 11.6. The molecule has 0 aromatic carbocycles. The molecule has 6 nitrogen and oxygen atoms in total. The number of hydrogen-bond acceptors (Lipinski definition) is 3. The van der Waals surface area contributed by atoms with Crippen molar-refractivity contribution in [3.05, 3.63) is 0 Å². The minimum atomic E-state index is -4.77. The van der Waals surface area contributed by atoms with E-state index in [0.29, 0.717) is 0 Å². The Hall–Kier alpha value is -0.420. The molecule has 0 saturated carbocycles. The highest BCUT2D eigenvalue weighted by Gasteiger charge is 2.45. The molecule has 0 aromatic heterocycles. The van der Waals surface area contributed by atoms with Gasteiger partial charge in [0.1, 0.15) is 0 Å². The van der Waals surface area contributed by atoms with Crippen LogP contribution in [0.15, 0.2) is 0 Å². The van der Waals surface area contributed by atoms with E-state index in [4.69, 9.17) is 14.9 Å². The van der Waals surface area contributed by atoms with Crippen molar-refractivity contribution in [1.29, 1.82) is 0 Å². The van der Waals surface area contributed by atoms with Gasteiger partial charge in [0.25, 0.3) is 0 Å². The van der Waals surface area contributed by atoms with E-state index in [1.165, 1.54) is 6.92 Å². The van der Waals surface area contributed by atoms with Crippen molar-refractivity contribution in [1.82, 2.24) is 0 Å². The predicted octanol–water partition coefficient (Wildman–Crippen LogP) is -0.263. The molecule has 1 atom stereocenters. The van der Waals surface area contributed by atoms with Crippen molar-refractivity contribution < 1.29 is 29.4 Å². The summed E-state index contributed by atoms with van der Waals surface area (Å²) in [6.45, 7) is 1.31.